The number of nitrogen functional groups attached to an aromatic ring is 1. The highest BCUT2D eigenvalue weighted by Gasteiger charge is 2.03. The van der Waals surface area contributed by atoms with Crippen LogP contribution < -0.4 is 16.8 Å². The maximum Gasteiger partial charge on any atom is 0.229 e. The number of hydrogen-bond donors (Lipinski definition) is 3. The fourth-order valence-corrected chi connectivity index (χ4v) is 1.66. The molecule has 0 aliphatic heterocycles. The van der Waals surface area contributed by atoms with Crippen molar-refractivity contribution in [3.8, 4) is 17.9 Å². The highest BCUT2D eigenvalue weighted by molar-refractivity contribution is 5.58. The average molecular weight is 292 g/mol. The number of aromatic nitrogens is 2. The molecule has 2 aromatic rings. The number of hydrogen-bond acceptors (Lipinski definition) is 6. The molecule has 0 fully saturated rings. The quantitative estimate of drug-likeness (QED) is 0.584. The molecule has 0 saturated heterocycles. The summed E-state index contributed by atoms with van der Waals surface area (Å²) < 4.78 is 0. The number of rotatable bonds is 4. The van der Waals surface area contributed by atoms with Crippen molar-refractivity contribution in [2.75, 3.05) is 17.6 Å². The summed E-state index contributed by atoms with van der Waals surface area (Å²) >= 11 is 0. The molecule has 6 heteroatoms. The van der Waals surface area contributed by atoms with Gasteiger partial charge in [-0.25, -0.2) is 4.98 Å². The molecule has 0 unspecified atom stereocenters. The van der Waals surface area contributed by atoms with Gasteiger partial charge in [-0.2, -0.15) is 10.2 Å². The van der Waals surface area contributed by atoms with E-state index >= 15 is 0 Å². The Balaban J connectivity index is 2.08. The zero-order valence-electron chi connectivity index (χ0n) is 12.0. The van der Waals surface area contributed by atoms with Gasteiger partial charge in [-0.05, 0) is 37.2 Å². The summed E-state index contributed by atoms with van der Waals surface area (Å²) in [7, 11) is 0. The van der Waals surface area contributed by atoms with Gasteiger partial charge in [0, 0.05) is 12.1 Å². The molecule has 0 aliphatic rings. The molecule has 0 atom stereocenters. The number of nitrogens with two attached hydrogens (primary N) is 2. The molecule has 0 aliphatic carbocycles. The Morgan fingerprint density at radius 3 is 2.64 bits per heavy atom. The van der Waals surface area contributed by atoms with E-state index in [9.17, 15) is 0 Å². The van der Waals surface area contributed by atoms with E-state index in [2.05, 4.69) is 33.2 Å². The third-order valence-corrected chi connectivity index (χ3v) is 2.82. The van der Waals surface area contributed by atoms with Gasteiger partial charge in [0.2, 0.25) is 5.95 Å². The van der Waals surface area contributed by atoms with E-state index in [1.54, 1.807) is 30.5 Å². The lowest BCUT2D eigenvalue weighted by molar-refractivity contribution is 0.870. The van der Waals surface area contributed by atoms with Crippen molar-refractivity contribution in [2.24, 2.45) is 5.73 Å². The summed E-state index contributed by atoms with van der Waals surface area (Å²) in [6, 6.07) is 9.04. The number of unbranched alkanes of at least 4 members (excludes halogenated alkanes) is 1. The summed E-state index contributed by atoms with van der Waals surface area (Å²) in [6.45, 7) is 0.619. The van der Waals surface area contributed by atoms with Crippen LogP contribution in [0.3, 0.4) is 0 Å². The van der Waals surface area contributed by atoms with Crippen LogP contribution in [0.4, 0.5) is 17.5 Å². The van der Waals surface area contributed by atoms with Crippen LogP contribution in [0, 0.1) is 23.2 Å². The Kier molecular flexibility index (Phi) is 5.31. The number of nitriles is 1. The summed E-state index contributed by atoms with van der Waals surface area (Å²) in [5, 5.41) is 11.8. The standard InChI is InChI=1S/C16H16N6/c17-9-3-1-2-4-13-11-20-16(22-15(13)19)21-14-7-5-12(10-18)6-8-14/h5-8,11H,1,3,9,17H2,(H3,19,20,21,22). The second-order valence-electron chi connectivity index (χ2n) is 4.50. The van der Waals surface area contributed by atoms with Crippen molar-refractivity contribution in [3.63, 3.8) is 0 Å². The van der Waals surface area contributed by atoms with Gasteiger partial charge in [0.15, 0.2) is 0 Å². The van der Waals surface area contributed by atoms with E-state index in [-0.39, 0.29) is 0 Å². The van der Waals surface area contributed by atoms with Crippen LogP contribution in [0.2, 0.25) is 0 Å². The van der Waals surface area contributed by atoms with Crippen molar-refractivity contribution < 1.29 is 0 Å². The molecule has 0 spiro atoms. The van der Waals surface area contributed by atoms with Crippen molar-refractivity contribution in [2.45, 2.75) is 12.8 Å². The highest BCUT2D eigenvalue weighted by atomic mass is 15.1. The van der Waals surface area contributed by atoms with E-state index in [4.69, 9.17) is 16.7 Å². The molecule has 1 aromatic carbocycles. The van der Waals surface area contributed by atoms with Crippen LogP contribution in [-0.2, 0) is 0 Å². The predicted molar refractivity (Wildman–Crippen MR) is 86.1 cm³/mol. The van der Waals surface area contributed by atoms with Gasteiger partial charge in [0.25, 0.3) is 0 Å². The molecule has 0 bridgehead atoms. The minimum absolute atomic E-state index is 0.325. The Labute approximate surface area is 129 Å². The molecule has 1 aromatic heterocycles. The number of nitrogens with one attached hydrogen (secondary N) is 1. The fraction of sp³-hybridized carbons (Fsp3) is 0.188. The second-order valence-corrected chi connectivity index (χ2v) is 4.50. The molecular weight excluding hydrogens is 276 g/mol. The molecular formula is C16H16N6. The van der Waals surface area contributed by atoms with Gasteiger partial charge in [-0.15, -0.1) is 0 Å². The van der Waals surface area contributed by atoms with Crippen LogP contribution in [0.25, 0.3) is 0 Å². The highest BCUT2D eigenvalue weighted by Crippen LogP contribution is 2.15. The van der Waals surface area contributed by atoms with Crippen LogP contribution in [0.15, 0.2) is 30.5 Å². The van der Waals surface area contributed by atoms with E-state index in [0.717, 1.165) is 18.5 Å². The van der Waals surface area contributed by atoms with E-state index in [1.165, 1.54) is 0 Å². The Morgan fingerprint density at radius 1 is 1.23 bits per heavy atom. The normalized spacial score (nSPS) is 9.45. The average Bonchev–Trinajstić information content (AvgIpc) is 2.54. The van der Waals surface area contributed by atoms with Gasteiger partial charge >= 0.3 is 0 Å². The lowest BCUT2D eigenvalue weighted by atomic mass is 10.2. The first-order valence-corrected chi connectivity index (χ1v) is 6.81. The number of benzene rings is 1. The monoisotopic (exact) mass is 292 g/mol. The van der Waals surface area contributed by atoms with Crippen LogP contribution >= 0.6 is 0 Å². The lowest BCUT2D eigenvalue weighted by Crippen LogP contribution is -2.02. The molecule has 0 amide bonds. The Morgan fingerprint density at radius 2 is 2.00 bits per heavy atom. The largest absolute Gasteiger partial charge is 0.382 e. The maximum atomic E-state index is 8.76. The zero-order chi connectivity index (χ0) is 15.8. The minimum Gasteiger partial charge on any atom is -0.382 e. The van der Waals surface area contributed by atoms with E-state index in [0.29, 0.717) is 29.4 Å². The SMILES string of the molecule is N#Cc1ccc(Nc2ncc(C#CCCCN)c(N)n2)cc1. The predicted octanol–water partition coefficient (Wildman–Crippen LogP) is 1.76. The van der Waals surface area contributed by atoms with E-state index in [1.807, 2.05) is 0 Å². The van der Waals surface area contributed by atoms with E-state index < -0.39 is 0 Å². The maximum absolute atomic E-state index is 8.76. The van der Waals surface area contributed by atoms with Gasteiger partial charge in [0.05, 0.1) is 23.4 Å². The molecule has 2 rings (SSSR count). The van der Waals surface area contributed by atoms with Gasteiger partial charge in [-0.3, -0.25) is 0 Å². The summed E-state index contributed by atoms with van der Waals surface area (Å²) in [5.41, 5.74) is 13.2. The summed E-state index contributed by atoms with van der Waals surface area (Å²) in [5.74, 6) is 6.63. The van der Waals surface area contributed by atoms with Crippen LogP contribution in [-0.4, -0.2) is 16.5 Å². The molecule has 0 saturated carbocycles. The zero-order valence-corrected chi connectivity index (χ0v) is 12.0. The van der Waals surface area contributed by atoms with Gasteiger partial charge in [-0.1, -0.05) is 11.8 Å². The van der Waals surface area contributed by atoms with Crippen molar-refractivity contribution in [1.29, 1.82) is 5.26 Å². The van der Waals surface area contributed by atoms with Gasteiger partial charge in [0.1, 0.15) is 5.82 Å². The summed E-state index contributed by atoms with van der Waals surface area (Å²) in [4.78, 5) is 8.36. The Hall–Kier alpha value is -3.09. The molecule has 6 nitrogen and oxygen atoms in total. The van der Waals surface area contributed by atoms with Crippen molar-refractivity contribution >= 4 is 17.5 Å². The minimum atomic E-state index is 0.325. The molecule has 22 heavy (non-hydrogen) atoms. The molecule has 0 radical (unpaired) electrons. The summed E-state index contributed by atoms with van der Waals surface area (Å²) in [6.07, 6.45) is 3.16. The third-order valence-electron chi connectivity index (χ3n) is 2.82. The molecule has 110 valence electrons. The lowest BCUT2D eigenvalue weighted by Gasteiger charge is -2.05. The second kappa shape index (κ2) is 7.63. The third kappa shape index (κ3) is 4.20. The fourth-order valence-electron chi connectivity index (χ4n) is 1.66. The number of nitrogens with zero attached hydrogens (tertiary/aromatic N) is 3. The van der Waals surface area contributed by atoms with Crippen molar-refractivity contribution in [1.82, 2.24) is 9.97 Å². The first-order chi connectivity index (χ1) is 10.7. The van der Waals surface area contributed by atoms with Gasteiger partial charge < -0.3 is 16.8 Å². The molecule has 1 heterocycles. The topological polar surface area (TPSA) is 114 Å². The van der Waals surface area contributed by atoms with Crippen molar-refractivity contribution in [3.05, 3.63) is 41.6 Å². The van der Waals surface area contributed by atoms with Crippen LogP contribution in [0.1, 0.15) is 24.0 Å². The first kappa shape index (κ1) is 15.3. The first-order valence-electron chi connectivity index (χ1n) is 6.81. The smallest absolute Gasteiger partial charge is 0.229 e. The Bertz CT molecular complexity index is 734. The van der Waals surface area contributed by atoms with Crippen LogP contribution in [0.5, 0.6) is 0 Å². The number of anilines is 3. The molecule has 5 N–H and O–H groups in total.